The molecule has 0 saturated heterocycles. The molecule has 0 fully saturated rings. The number of rotatable bonds is 7. The molecule has 0 bridgehead atoms. The summed E-state index contributed by atoms with van der Waals surface area (Å²) in [6.07, 6.45) is 1.53. The van der Waals surface area contributed by atoms with Crippen LogP contribution in [0.4, 0.5) is 5.69 Å². The summed E-state index contributed by atoms with van der Waals surface area (Å²) in [7, 11) is 0. The zero-order valence-corrected chi connectivity index (χ0v) is 16.5. The third-order valence-electron chi connectivity index (χ3n) is 3.68. The Labute approximate surface area is 170 Å². The van der Waals surface area contributed by atoms with Crippen molar-refractivity contribution < 1.29 is 14.3 Å². The zero-order chi connectivity index (χ0) is 19.2. The van der Waals surface area contributed by atoms with E-state index in [0.29, 0.717) is 28.6 Å². The van der Waals surface area contributed by atoms with Gasteiger partial charge < -0.3 is 10.1 Å². The molecule has 0 aliphatic heterocycles. The van der Waals surface area contributed by atoms with Crippen molar-refractivity contribution in [3.8, 4) is 0 Å². The fourth-order valence-electron chi connectivity index (χ4n) is 2.41. The van der Waals surface area contributed by atoms with E-state index < -0.39 is 11.9 Å². The van der Waals surface area contributed by atoms with Gasteiger partial charge >= 0.3 is 5.97 Å². The topological polar surface area (TPSA) is 68.3 Å². The van der Waals surface area contributed by atoms with Crippen molar-refractivity contribution in [2.24, 2.45) is 0 Å². The number of fused-ring (bicyclic) bond motifs is 1. The molecule has 1 aromatic heterocycles. The number of hydrogen-bond acceptors (Lipinski definition) is 5. The van der Waals surface area contributed by atoms with Crippen LogP contribution in [0.15, 0.2) is 42.5 Å². The molecule has 27 heavy (non-hydrogen) atoms. The highest BCUT2D eigenvalue weighted by atomic mass is 35.5. The molecule has 3 aromatic rings. The number of carbonyl (C=O) groups excluding carboxylic acids is 2. The summed E-state index contributed by atoms with van der Waals surface area (Å²) in [5, 5.41) is 4.35. The van der Waals surface area contributed by atoms with Crippen LogP contribution < -0.4 is 5.32 Å². The Kier molecular flexibility index (Phi) is 6.66. The van der Waals surface area contributed by atoms with Crippen molar-refractivity contribution in [2.45, 2.75) is 19.3 Å². The molecule has 3 rings (SSSR count). The minimum Gasteiger partial charge on any atom is -0.456 e. The first-order valence-corrected chi connectivity index (χ1v) is 9.83. The summed E-state index contributed by atoms with van der Waals surface area (Å²) < 4.78 is 6.13. The van der Waals surface area contributed by atoms with E-state index in [1.165, 1.54) is 6.07 Å². The standard InChI is InChI=1S/C19H16Cl2N2O3S/c20-12-8-9-13(21)15(10-12)22-17(24)11-26-19(25)7-3-6-18-23-14-4-1-2-5-16(14)27-18/h1-2,4-5,8-10H,3,6-7,11H2,(H,22,24). The number of benzene rings is 2. The Morgan fingerprint density at radius 3 is 2.78 bits per heavy atom. The quantitative estimate of drug-likeness (QED) is 0.537. The number of aryl methyl sites for hydroxylation is 1. The number of aromatic nitrogens is 1. The lowest BCUT2D eigenvalue weighted by atomic mass is 10.2. The minimum atomic E-state index is -0.473. The number of nitrogens with zero attached hydrogens (tertiary/aromatic N) is 1. The third-order valence-corrected chi connectivity index (χ3v) is 5.34. The van der Waals surface area contributed by atoms with Crippen LogP contribution in [0, 0.1) is 0 Å². The van der Waals surface area contributed by atoms with Crippen LogP contribution in [-0.4, -0.2) is 23.5 Å². The van der Waals surface area contributed by atoms with Gasteiger partial charge in [-0.05, 0) is 43.2 Å². The number of para-hydroxylation sites is 1. The van der Waals surface area contributed by atoms with Crippen molar-refractivity contribution in [1.82, 2.24) is 4.98 Å². The van der Waals surface area contributed by atoms with Crippen molar-refractivity contribution >= 4 is 62.3 Å². The number of anilines is 1. The van der Waals surface area contributed by atoms with E-state index in [1.807, 2.05) is 24.3 Å². The largest absolute Gasteiger partial charge is 0.456 e. The second-order valence-corrected chi connectivity index (χ2v) is 7.72. The van der Waals surface area contributed by atoms with Crippen LogP contribution in [0.2, 0.25) is 10.0 Å². The van der Waals surface area contributed by atoms with Crippen molar-refractivity contribution in [3.05, 3.63) is 57.5 Å². The van der Waals surface area contributed by atoms with Gasteiger partial charge in [0.2, 0.25) is 0 Å². The van der Waals surface area contributed by atoms with Crippen LogP contribution in [-0.2, 0) is 20.7 Å². The summed E-state index contributed by atoms with van der Waals surface area (Å²) in [6, 6.07) is 12.6. The van der Waals surface area contributed by atoms with Gasteiger partial charge in [-0.2, -0.15) is 0 Å². The van der Waals surface area contributed by atoms with Gasteiger partial charge in [-0.15, -0.1) is 11.3 Å². The fourth-order valence-corrected chi connectivity index (χ4v) is 3.75. The molecule has 140 valence electrons. The first-order chi connectivity index (χ1) is 13.0. The number of nitrogens with one attached hydrogen (secondary N) is 1. The Morgan fingerprint density at radius 1 is 1.15 bits per heavy atom. The molecular formula is C19H16Cl2N2O3S. The summed E-state index contributed by atoms with van der Waals surface area (Å²) in [4.78, 5) is 28.2. The van der Waals surface area contributed by atoms with Crippen LogP contribution in [0.1, 0.15) is 17.8 Å². The smallest absolute Gasteiger partial charge is 0.306 e. The van der Waals surface area contributed by atoms with Gasteiger partial charge in [0.25, 0.3) is 5.91 Å². The van der Waals surface area contributed by atoms with Gasteiger partial charge in [0.05, 0.1) is 25.9 Å². The molecule has 0 radical (unpaired) electrons. The molecule has 1 amide bonds. The molecule has 0 unspecified atom stereocenters. The SMILES string of the molecule is O=C(COC(=O)CCCc1nc2ccccc2s1)Nc1cc(Cl)ccc1Cl. The summed E-state index contributed by atoms with van der Waals surface area (Å²) in [6.45, 7) is -0.372. The van der Waals surface area contributed by atoms with Crippen LogP contribution in [0.25, 0.3) is 10.2 Å². The number of thiazole rings is 1. The number of amides is 1. The van der Waals surface area contributed by atoms with Crippen molar-refractivity contribution in [1.29, 1.82) is 0 Å². The zero-order valence-electron chi connectivity index (χ0n) is 14.2. The summed E-state index contributed by atoms with van der Waals surface area (Å²) in [5.74, 6) is -0.901. The maximum absolute atomic E-state index is 11.9. The number of halogens is 2. The molecule has 0 aliphatic rings. The second-order valence-electron chi connectivity index (χ2n) is 5.76. The highest BCUT2D eigenvalue weighted by Crippen LogP contribution is 2.25. The highest BCUT2D eigenvalue weighted by Gasteiger charge is 2.11. The Morgan fingerprint density at radius 2 is 1.96 bits per heavy atom. The predicted molar refractivity (Wildman–Crippen MR) is 109 cm³/mol. The Bertz CT molecular complexity index is 941. The molecule has 0 spiro atoms. The number of hydrogen-bond donors (Lipinski definition) is 1. The van der Waals surface area contributed by atoms with Gasteiger partial charge in [0, 0.05) is 11.4 Å². The average Bonchev–Trinajstić information content (AvgIpc) is 3.06. The lowest BCUT2D eigenvalue weighted by molar-refractivity contribution is -0.147. The van der Waals surface area contributed by atoms with Gasteiger partial charge in [-0.25, -0.2) is 4.98 Å². The van der Waals surface area contributed by atoms with E-state index in [-0.39, 0.29) is 13.0 Å². The number of esters is 1. The van der Waals surface area contributed by atoms with Crippen LogP contribution in [0.5, 0.6) is 0 Å². The first kappa shape index (κ1) is 19.6. The number of ether oxygens (including phenoxy) is 1. The van der Waals surface area contributed by atoms with Gasteiger partial charge in [0.15, 0.2) is 6.61 Å². The van der Waals surface area contributed by atoms with E-state index >= 15 is 0 Å². The fraction of sp³-hybridized carbons (Fsp3) is 0.211. The predicted octanol–water partition coefficient (Wildman–Crippen LogP) is 5.11. The second kappa shape index (κ2) is 9.17. The molecule has 0 saturated carbocycles. The molecule has 8 heteroatoms. The number of carbonyl (C=O) groups is 2. The van der Waals surface area contributed by atoms with E-state index in [2.05, 4.69) is 10.3 Å². The molecule has 1 heterocycles. The molecule has 5 nitrogen and oxygen atoms in total. The maximum atomic E-state index is 11.9. The van der Waals surface area contributed by atoms with Crippen molar-refractivity contribution in [3.63, 3.8) is 0 Å². The maximum Gasteiger partial charge on any atom is 0.306 e. The van der Waals surface area contributed by atoms with Crippen molar-refractivity contribution in [2.75, 3.05) is 11.9 Å². The van der Waals surface area contributed by atoms with E-state index in [9.17, 15) is 9.59 Å². The average molecular weight is 423 g/mol. The van der Waals surface area contributed by atoms with Gasteiger partial charge in [-0.1, -0.05) is 35.3 Å². The molecular weight excluding hydrogens is 407 g/mol. The first-order valence-electron chi connectivity index (χ1n) is 8.26. The lowest BCUT2D eigenvalue weighted by Crippen LogP contribution is -2.21. The summed E-state index contributed by atoms with van der Waals surface area (Å²) in [5.41, 5.74) is 1.34. The third kappa shape index (κ3) is 5.66. The molecule has 1 N–H and O–H groups in total. The summed E-state index contributed by atoms with van der Waals surface area (Å²) >= 11 is 13.5. The van der Waals surface area contributed by atoms with Crippen LogP contribution >= 0.6 is 34.5 Å². The van der Waals surface area contributed by atoms with Crippen LogP contribution in [0.3, 0.4) is 0 Å². The normalized spacial score (nSPS) is 10.7. The van der Waals surface area contributed by atoms with E-state index in [0.717, 1.165) is 15.2 Å². The molecule has 0 aliphatic carbocycles. The van der Waals surface area contributed by atoms with Gasteiger partial charge in [0.1, 0.15) is 0 Å². The van der Waals surface area contributed by atoms with E-state index in [4.69, 9.17) is 27.9 Å². The van der Waals surface area contributed by atoms with E-state index in [1.54, 1.807) is 23.5 Å². The highest BCUT2D eigenvalue weighted by molar-refractivity contribution is 7.18. The molecule has 2 aromatic carbocycles. The lowest BCUT2D eigenvalue weighted by Gasteiger charge is -2.08. The van der Waals surface area contributed by atoms with Gasteiger partial charge in [-0.3, -0.25) is 9.59 Å². The minimum absolute atomic E-state index is 0.223. The monoisotopic (exact) mass is 422 g/mol. The Hall–Kier alpha value is -2.15. The molecule has 0 atom stereocenters. The Balaban J connectivity index is 1.40.